The molecule has 1 saturated heterocycles. The van der Waals surface area contributed by atoms with Gasteiger partial charge in [0.05, 0.1) is 16.8 Å². The highest BCUT2D eigenvalue weighted by Crippen LogP contribution is 2.33. The number of nitrogens with zero attached hydrogens (tertiary/aromatic N) is 5. The third-order valence-corrected chi connectivity index (χ3v) is 7.31. The Morgan fingerprint density at radius 1 is 1.13 bits per heavy atom. The van der Waals surface area contributed by atoms with Crippen LogP contribution in [0.5, 0.6) is 0 Å². The summed E-state index contributed by atoms with van der Waals surface area (Å²) in [5.74, 6) is 0.0288. The fourth-order valence-corrected chi connectivity index (χ4v) is 5.40. The first-order valence-corrected chi connectivity index (χ1v) is 13.3. The van der Waals surface area contributed by atoms with Crippen molar-refractivity contribution in [1.29, 1.82) is 0 Å². The molecule has 1 aliphatic rings. The normalized spacial score (nSPS) is 15.5. The topological polar surface area (TPSA) is 71.3 Å². The summed E-state index contributed by atoms with van der Waals surface area (Å²) in [6.45, 7) is 11.1. The summed E-state index contributed by atoms with van der Waals surface area (Å²) in [5.41, 5.74) is 3.34. The average Bonchev–Trinajstić information content (AvgIpc) is 2.93. The maximum atomic E-state index is 14.9. The van der Waals surface area contributed by atoms with Crippen molar-refractivity contribution >= 4 is 22.8 Å². The molecule has 0 saturated carbocycles. The Kier molecular flexibility index (Phi) is 7.28. The van der Waals surface area contributed by atoms with E-state index < -0.39 is 5.69 Å². The smallest absolute Gasteiger partial charge is 0.350 e. The molecule has 3 heterocycles. The number of hydrogen-bond donors (Lipinski definition) is 0. The maximum Gasteiger partial charge on any atom is 0.355 e. The standard InChI is InChI=1S/C31H32FN5O2/c1-5-11-22-12-7-10-15-26(22)37-30-24(18-20(3)28(33-30)23-13-8-9-14-25(23)32)29(34-31(37)39)36-17-16-35(19-21(36)4)27(38)6-2/h6-10,12-15,18,21H,2,5,11,16-17,19H2,1,3-4H3/t21-/m0/s1. The van der Waals surface area contributed by atoms with E-state index in [1.165, 1.54) is 12.1 Å². The van der Waals surface area contributed by atoms with Crippen molar-refractivity contribution in [3.05, 3.63) is 94.7 Å². The van der Waals surface area contributed by atoms with Crippen molar-refractivity contribution in [3.63, 3.8) is 0 Å². The molecule has 0 unspecified atom stereocenters. The van der Waals surface area contributed by atoms with Crippen molar-refractivity contribution in [2.45, 2.75) is 39.7 Å². The van der Waals surface area contributed by atoms with Crippen LogP contribution in [-0.2, 0) is 11.2 Å². The predicted octanol–water partition coefficient (Wildman–Crippen LogP) is 5.07. The summed E-state index contributed by atoms with van der Waals surface area (Å²) in [6, 6.07) is 16.1. The van der Waals surface area contributed by atoms with E-state index in [9.17, 15) is 14.0 Å². The van der Waals surface area contributed by atoms with Gasteiger partial charge in [-0.25, -0.2) is 18.7 Å². The summed E-state index contributed by atoms with van der Waals surface area (Å²) in [4.78, 5) is 39.4. The Hall–Kier alpha value is -4.33. The monoisotopic (exact) mass is 525 g/mol. The van der Waals surface area contributed by atoms with Crippen LogP contribution in [0.2, 0.25) is 0 Å². The minimum absolute atomic E-state index is 0.0903. The number of aromatic nitrogens is 3. The summed E-state index contributed by atoms with van der Waals surface area (Å²) in [7, 11) is 0. The molecule has 39 heavy (non-hydrogen) atoms. The van der Waals surface area contributed by atoms with E-state index in [-0.39, 0.29) is 17.8 Å². The molecule has 2 aromatic heterocycles. The number of pyridine rings is 1. The van der Waals surface area contributed by atoms with Gasteiger partial charge in [0.2, 0.25) is 5.91 Å². The number of halogens is 1. The zero-order chi connectivity index (χ0) is 27.7. The third kappa shape index (κ3) is 4.82. The lowest BCUT2D eigenvalue weighted by Gasteiger charge is -2.40. The van der Waals surface area contributed by atoms with Gasteiger partial charge in [0.15, 0.2) is 5.65 Å². The van der Waals surface area contributed by atoms with Gasteiger partial charge in [0.25, 0.3) is 0 Å². The van der Waals surface area contributed by atoms with E-state index >= 15 is 0 Å². The van der Waals surface area contributed by atoms with Crippen LogP contribution in [-0.4, -0.2) is 51.0 Å². The molecule has 0 radical (unpaired) electrons. The van der Waals surface area contributed by atoms with Gasteiger partial charge in [-0.15, -0.1) is 0 Å². The van der Waals surface area contributed by atoms with Crippen LogP contribution in [0.4, 0.5) is 10.2 Å². The molecule has 0 bridgehead atoms. The number of carbonyl (C=O) groups is 1. The van der Waals surface area contributed by atoms with Gasteiger partial charge in [-0.3, -0.25) is 4.79 Å². The summed E-state index contributed by atoms with van der Waals surface area (Å²) < 4.78 is 16.5. The van der Waals surface area contributed by atoms with Gasteiger partial charge in [0, 0.05) is 31.2 Å². The molecule has 0 spiro atoms. The largest absolute Gasteiger partial charge is 0.355 e. The average molecular weight is 526 g/mol. The zero-order valence-electron chi connectivity index (χ0n) is 22.5. The molecule has 7 nitrogen and oxygen atoms in total. The number of hydrogen-bond acceptors (Lipinski definition) is 5. The van der Waals surface area contributed by atoms with E-state index in [1.807, 2.05) is 44.2 Å². The van der Waals surface area contributed by atoms with Crippen LogP contribution in [0, 0.1) is 12.7 Å². The van der Waals surface area contributed by atoms with Gasteiger partial charge in [0.1, 0.15) is 11.6 Å². The van der Waals surface area contributed by atoms with E-state index in [4.69, 9.17) is 4.98 Å². The number of rotatable bonds is 6. The molecule has 200 valence electrons. The summed E-state index contributed by atoms with van der Waals surface area (Å²) >= 11 is 0. The number of benzene rings is 2. The number of fused-ring (bicyclic) bond motifs is 1. The molecule has 1 atom stereocenters. The first kappa shape index (κ1) is 26.3. The van der Waals surface area contributed by atoms with E-state index in [0.717, 1.165) is 29.7 Å². The Bertz CT molecular complexity index is 1630. The number of anilines is 1. The van der Waals surface area contributed by atoms with Crippen molar-refractivity contribution in [2.75, 3.05) is 24.5 Å². The molecule has 0 aliphatic carbocycles. The second kappa shape index (κ2) is 10.8. The number of carbonyl (C=O) groups excluding carboxylic acids is 1. The summed E-state index contributed by atoms with van der Waals surface area (Å²) in [5, 5.41) is 0.703. The van der Waals surface area contributed by atoms with Crippen LogP contribution in [0.1, 0.15) is 31.4 Å². The molecule has 5 rings (SSSR count). The maximum absolute atomic E-state index is 14.9. The van der Waals surface area contributed by atoms with Crippen LogP contribution < -0.4 is 10.6 Å². The van der Waals surface area contributed by atoms with Crippen molar-refractivity contribution < 1.29 is 9.18 Å². The number of aryl methyl sites for hydroxylation is 2. The van der Waals surface area contributed by atoms with E-state index in [0.29, 0.717) is 47.7 Å². The third-order valence-electron chi connectivity index (χ3n) is 7.31. The van der Waals surface area contributed by atoms with E-state index in [1.54, 1.807) is 27.7 Å². The lowest BCUT2D eigenvalue weighted by molar-refractivity contribution is -0.126. The highest BCUT2D eigenvalue weighted by Gasteiger charge is 2.29. The number of para-hydroxylation sites is 1. The van der Waals surface area contributed by atoms with Crippen LogP contribution >= 0.6 is 0 Å². The fraction of sp³-hybridized carbons (Fsp3) is 0.290. The molecule has 2 aromatic carbocycles. The van der Waals surface area contributed by atoms with Gasteiger partial charge in [-0.1, -0.05) is 50.3 Å². The molecule has 1 amide bonds. The Morgan fingerprint density at radius 2 is 1.87 bits per heavy atom. The van der Waals surface area contributed by atoms with Crippen LogP contribution in [0.25, 0.3) is 28.0 Å². The quantitative estimate of drug-likeness (QED) is 0.329. The van der Waals surface area contributed by atoms with Gasteiger partial charge in [-0.2, -0.15) is 4.98 Å². The van der Waals surface area contributed by atoms with E-state index in [2.05, 4.69) is 23.4 Å². The van der Waals surface area contributed by atoms with Gasteiger partial charge < -0.3 is 9.80 Å². The molecule has 8 heteroatoms. The first-order chi connectivity index (χ1) is 18.8. The highest BCUT2D eigenvalue weighted by molar-refractivity contribution is 5.92. The van der Waals surface area contributed by atoms with Crippen LogP contribution in [0.15, 0.2) is 72.0 Å². The summed E-state index contributed by atoms with van der Waals surface area (Å²) in [6.07, 6.45) is 3.02. The van der Waals surface area contributed by atoms with Crippen molar-refractivity contribution in [1.82, 2.24) is 19.4 Å². The second-order valence-electron chi connectivity index (χ2n) is 9.97. The Morgan fingerprint density at radius 3 is 2.59 bits per heavy atom. The molecular formula is C31H32FN5O2. The van der Waals surface area contributed by atoms with Crippen molar-refractivity contribution in [3.8, 4) is 16.9 Å². The first-order valence-electron chi connectivity index (χ1n) is 13.3. The van der Waals surface area contributed by atoms with Crippen molar-refractivity contribution in [2.24, 2.45) is 0 Å². The van der Waals surface area contributed by atoms with Crippen LogP contribution in [0.3, 0.4) is 0 Å². The SMILES string of the molecule is C=CC(=O)N1CCN(c2nc(=O)n(-c3ccccc3CCC)c3nc(-c4ccccc4F)c(C)cc23)[C@@H](C)C1. The minimum Gasteiger partial charge on any atom is -0.350 e. The number of amides is 1. The minimum atomic E-state index is -0.450. The van der Waals surface area contributed by atoms with Gasteiger partial charge >= 0.3 is 5.69 Å². The lowest BCUT2D eigenvalue weighted by atomic mass is 10.0. The Labute approximate surface area is 227 Å². The second-order valence-corrected chi connectivity index (χ2v) is 9.97. The predicted molar refractivity (Wildman–Crippen MR) is 153 cm³/mol. The molecular weight excluding hydrogens is 493 g/mol. The lowest BCUT2D eigenvalue weighted by Crippen LogP contribution is -2.54. The Balaban J connectivity index is 1.77. The number of piperazine rings is 1. The molecule has 1 fully saturated rings. The molecule has 1 aliphatic heterocycles. The fourth-order valence-electron chi connectivity index (χ4n) is 5.40. The van der Waals surface area contributed by atoms with Gasteiger partial charge in [-0.05, 0) is 61.7 Å². The highest BCUT2D eigenvalue weighted by atomic mass is 19.1. The molecule has 4 aromatic rings. The molecule has 0 N–H and O–H groups in total. The zero-order valence-corrected chi connectivity index (χ0v) is 22.5.